The zero-order valence-corrected chi connectivity index (χ0v) is 18.3. The molecule has 0 bridgehead atoms. The topological polar surface area (TPSA) is 93.0 Å². The smallest absolute Gasteiger partial charge is 0.232 e. The van der Waals surface area contributed by atoms with Crippen LogP contribution in [-0.2, 0) is 17.1 Å². The first-order valence-corrected chi connectivity index (χ1v) is 11.9. The fourth-order valence-electron chi connectivity index (χ4n) is 4.00. The van der Waals surface area contributed by atoms with Gasteiger partial charge < -0.3 is 9.47 Å². The molecular formula is C21H25FN6O2S. The highest BCUT2D eigenvalue weighted by Crippen LogP contribution is 2.40. The number of sulfonamides is 1. The minimum atomic E-state index is -3.47. The van der Waals surface area contributed by atoms with Crippen molar-refractivity contribution in [1.29, 1.82) is 0 Å². The third-order valence-electron chi connectivity index (χ3n) is 5.64. The first-order chi connectivity index (χ1) is 14.9. The first-order valence-electron chi connectivity index (χ1n) is 10.2. The maximum Gasteiger partial charge on any atom is 0.232 e. The Bertz CT molecular complexity index is 1150. The molecule has 1 aliphatic rings. The number of nitrogens with one attached hydrogen (secondary N) is 1. The first kappa shape index (κ1) is 21.2. The predicted molar refractivity (Wildman–Crippen MR) is 118 cm³/mol. The molecule has 0 atom stereocenters. The number of hydrogen-bond acceptors (Lipinski definition) is 6. The number of nitrogens with zero attached hydrogens (tertiary/aromatic N) is 5. The van der Waals surface area contributed by atoms with Gasteiger partial charge >= 0.3 is 0 Å². The monoisotopic (exact) mass is 444 g/mol. The zero-order chi connectivity index (χ0) is 22.0. The summed E-state index contributed by atoms with van der Waals surface area (Å²) in [4.78, 5) is 5.96. The SMILES string of the molecule is CCS(=O)(=O)Nc1cccc(-c2ccc(F)nc2)c1N1CCC(c2nncn2C)CC1. The van der Waals surface area contributed by atoms with Gasteiger partial charge in [-0.3, -0.25) is 4.72 Å². The number of halogens is 1. The van der Waals surface area contributed by atoms with Crippen molar-refractivity contribution in [3.05, 3.63) is 54.6 Å². The average molecular weight is 445 g/mol. The Kier molecular flexibility index (Phi) is 5.90. The van der Waals surface area contributed by atoms with E-state index in [4.69, 9.17) is 0 Å². The Hall–Kier alpha value is -3.01. The number of pyridine rings is 1. The van der Waals surface area contributed by atoms with Crippen LogP contribution in [0.25, 0.3) is 11.1 Å². The Labute approximate surface area is 181 Å². The number of aryl methyl sites for hydroxylation is 1. The molecule has 31 heavy (non-hydrogen) atoms. The number of aromatic nitrogens is 4. The molecule has 2 aromatic heterocycles. The van der Waals surface area contributed by atoms with E-state index < -0.39 is 16.0 Å². The van der Waals surface area contributed by atoms with Gasteiger partial charge in [-0.1, -0.05) is 12.1 Å². The molecule has 0 radical (unpaired) electrons. The van der Waals surface area contributed by atoms with Crippen molar-refractivity contribution in [3.8, 4) is 11.1 Å². The van der Waals surface area contributed by atoms with Gasteiger partial charge in [-0.05, 0) is 38.0 Å². The van der Waals surface area contributed by atoms with Crippen molar-refractivity contribution in [2.24, 2.45) is 7.05 Å². The molecular weight excluding hydrogens is 419 g/mol. The van der Waals surface area contributed by atoms with Gasteiger partial charge in [0.2, 0.25) is 16.0 Å². The highest BCUT2D eigenvalue weighted by Gasteiger charge is 2.27. The fraction of sp³-hybridized carbons (Fsp3) is 0.381. The number of piperidine rings is 1. The molecule has 1 aromatic carbocycles. The quantitative estimate of drug-likeness (QED) is 0.587. The normalized spacial score (nSPS) is 15.3. The lowest BCUT2D eigenvalue weighted by Gasteiger charge is -2.35. The van der Waals surface area contributed by atoms with Crippen molar-refractivity contribution >= 4 is 21.4 Å². The van der Waals surface area contributed by atoms with Crippen LogP contribution in [0.3, 0.4) is 0 Å². The molecule has 164 valence electrons. The molecule has 1 saturated heterocycles. The molecule has 0 amide bonds. The van der Waals surface area contributed by atoms with Crippen LogP contribution in [0.1, 0.15) is 31.5 Å². The summed E-state index contributed by atoms with van der Waals surface area (Å²) in [7, 11) is -1.52. The van der Waals surface area contributed by atoms with E-state index in [0.717, 1.165) is 48.6 Å². The summed E-state index contributed by atoms with van der Waals surface area (Å²) < 4.78 is 42.7. The van der Waals surface area contributed by atoms with Crippen molar-refractivity contribution < 1.29 is 12.8 Å². The molecule has 0 unspecified atom stereocenters. The highest BCUT2D eigenvalue weighted by molar-refractivity contribution is 7.92. The summed E-state index contributed by atoms with van der Waals surface area (Å²) in [5, 5.41) is 8.23. The fourth-order valence-corrected chi connectivity index (χ4v) is 4.64. The van der Waals surface area contributed by atoms with Crippen LogP contribution in [0.4, 0.5) is 15.8 Å². The van der Waals surface area contributed by atoms with Gasteiger partial charge in [0.05, 0.1) is 17.1 Å². The van der Waals surface area contributed by atoms with Crippen LogP contribution in [-0.4, -0.2) is 47.0 Å². The maximum absolute atomic E-state index is 13.4. The standard InChI is InChI=1S/C21H25FN6O2S/c1-3-31(29,30)26-18-6-4-5-17(16-7-8-19(22)23-13-16)20(18)28-11-9-15(10-12-28)21-25-24-14-27(21)2/h4-8,13-15,26H,3,9-12H2,1-2H3. The van der Waals surface area contributed by atoms with E-state index in [1.807, 2.05) is 17.7 Å². The Morgan fingerprint density at radius 1 is 1.19 bits per heavy atom. The molecule has 1 N–H and O–H groups in total. The van der Waals surface area contributed by atoms with Crippen LogP contribution in [0.5, 0.6) is 0 Å². The second kappa shape index (κ2) is 8.62. The van der Waals surface area contributed by atoms with Crippen molar-refractivity contribution in [2.75, 3.05) is 28.5 Å². The number of anilines is 2. The number of para-hydroxylation sites is 1. The van der Waals surface area contributed by atoms with Gasteiger partial charge in [-0.2, -0.15) is 4.39 Å². The number of hydrogen-bond donors (Lipinski definition) is 1. The largest absolute Gasteiger partial charge is 0.369 e. The van der Waals surface area contributed by atoms with Gasteiger partial charge in [0.25, 0.3) is 0 Å². The molecule has 4 rings (SSSR count). The van der Waals surface area contributed by atoms with E-state index >= 15 is 0 Å². The molecule has 3 aromatic rings. The van der Waals surface area contributed by atoms with E-state index in [1.165, 1.54) is 12.3 Å². The van der Waals surface area contributed by atoms with Crippen LogP contribution >= 0.6 is 0 Å². The number of rotatable bonds is 6. The molecule has 10 heteroatoms. The van der Waals surface area contributed by atoms with Gasteiger partial charge in [0.1, 0.15) is 12.2 Å². The minimum absolute atomic E-state index is 0.0248. The van der Waals surface area contributed by atoms with E-state index in [2.05, 4.69) is 24.8 Å². The summed E-state index contributed by atoms with van der Waals surface area (Å²) in [6.07, 6.45) is 4.90. The number of benzene rings is 1. The Morgan fingerprint density at radius 3 is 2.58 bits per heavy atom. The summed E-state index contributed by atoms with van der Waals surface area (Å²) in [5.74, 6) is 0.669. The summed E-state index contributed by atoms with van der Waals surface area (Å²) >= 11 is 0. The molecule has 8 nitrogen and oxygen atoms in total. The van der Waals surface area contributed by atoms with Crippen molar-refractivity contribution in [3.63, 3.8) is 0 Å². The second-order valence-electron chi connectivity index (χ2n) is 7.64. The lowest BCUT2D eigenvalue weighted by molar-refractivity contribution is 0.474. The van der Waals surface area contributed by atoms with Crippen molar-refractivity contribution in [2.45, 2.75) is 25.7 Å². The van der Waals surface area contributed by atoms with E-state index in [-0.39, 0.29) is 5.75 Å². The molecule has 3 heterocycles. The van der Waals surface area contributed by atoms with Crippen LogP contribution in [0, 0.1) is 5.95 Å². The van der Waals surface area contributed by atoms with Gasteiger partial charge in [0.15, 0.2) is 0 Å². The predicted octanol–water partition coefficient (Wildman–Crippen LogP) is 3.16. The van der Waals surface area contributed by atoms with Crippen LogP contribution in [0.15, 0.2) is 42.9 Å². The maximum atomic E-state index is 13.4. The van der Waals surface area contributed by atoms with Gasteiger partial charge in [-0.15, -0.1) is 10.2 Å². The third kappa shape index (κ3) is 4.53. The minimum Gasteiger partial charge on any atom is -0.369 e. The molecule has 0 aliphatic carbocycles. The average Bonchev–Trinajstić information content (AvgIpc) is 3.20. The Morgan fingerprint density at radius 2 is 1.97 bits per heavy atom. The molecule has 0 spiro atoms. The lowest BCUT2D eigenvalue weighted by Crippen LogP contribution is -2.34. The molecule has 0 saturated carbocycles. The van der Waals surface area contributed by atoms with Gasteiger partial charge in [0, 0.05) is 43.4 Å². The highest BCUT2D eigenvalue weighted by atomic mass is 32.2. The van der Waals surface area contributed by atoms with E-state index in [1.54, 1.807) is 31.5 Å². The van der Waals surface area contributed by atoms with Crippen LogP contribution in [0.2, 0.25) is 0 Å². The van der Waals surface area contributed by atoms with Crippen LogP contribution < -0.4 is 9.62 Å². The van der Waals surface area contributed by atoms with Gasteiger partial charge in [-0.25, -0.2) is 13.4 Å². The zero-order valence-electron chi connectivity index (χ0n) is 17.5. The third-order valence-corrected chi connectivity index (χ3v) is 6.93. The summed E-state index contributed by atoms with van der Waals surface area (Å²) in [6.45, 7) is 3.05. The lowest BCUT2D eigenvalue weighted by atomic mass is 9.94. The summed E-state index contributed by atoms with van der Waals surface area (Å²) in [5.41, 5.74) is 2.83. The summed E-state index contributed by atoms with van der Waals surface area (Å²) in [6, 6.07) is 8.43. The Balaban J connectivity index is 1.70. The van der Waals surface area contributed by atoms with E-state index in [9.17, 15) is 12.8 Å². The van der Waals surface area contributed by atoms with E-state index in [0.29, 0.717) is 11.6 Å². The second-order valence-corrected chi connectivity index (χ2v) is 9.65. The molecule has 1 fully saturated rings. The van der Waals surface area contributed by atoms with Crippen molar-refractivity contribution in [1.82, 2.24) is 19.7 Å². The molecule has 1 aliphatic heterocycles.